The number of anilines is 1. The number of carbonyl (C=O) groups is 1. The Bertz CT molecular complexity index is 366. The Kier molecular flexibility index (Phi) is 3.93. The highest BCUT2D eigenvalue weighted by Gasteiger charge is 2.21. The average molecular weight is 221 g/mol. The van der Waals surface area contributed by atoms with Gasteiger partial charge in [0.1, 0.15) is 5.75 Å². The van der Waals surface area contributed by atoms with Crippen LogP contribution in [0, 0.1) is 5.41 Å². The predicted octanol–water partition coefficient (Wildman–Crippen LogP) is 3.07. The zero-order valence-corrected chi connectivity index (χ0v) is 10.3. The van der Waals surface area contributed by atoms with Crippen molar-refractivity contribution < 1.29 is 9.53 Å². The monoisotopic (exact) mass is 221 g/mol. The maximum absolute atomic E-state index is 11.8. The van der Waals surface area contributed by atoms with E-state index < -0.39 is 0 Å². The van der Waals surface area contributed by atoms with Crippen LogP contribution in [-0.2, 0) is 4.79 Å². The van der Waals surface area contributed by atoms with Crippen molar-refractivity contribution >= 4 is 11.6 Å². The second-order valence-electron chi connectivity index (χ2n) is 4.66. The third-order valence-corrected chi connectivity index (χ3v) is 2.08. The lowest BCUT2D eigenvalue weighted by molar-refractivity contribution is -0.123. The van der Waals surface area contributed by atoms with Crippen molar-refractivity contribution in [1.29, 1.82) is 0 Å². The van der Waals surface area contributed by atoms with Gasteiger partial charge in [0.2, 0.25) is 5.91 Å². The summed E-state index contributed by atoms with van der Waals surface area (Å²) in [5, 5.41) is 2.86. The SMILES string of the molecule is CCOc1cccc(NC(=O)C(C)(C)C)c1. The van der Waals surface area contributed by atoms with E-state index in [1.165, 1.54) is 0 Å². The number of hydrogen-bond acceptors (Lipinski definition) is 2. The van der Waals surface area contributed by atoms with Crippen LogP contribution < -0.4 is 10.1 Å². The zero-order chi connectivity index (χ0) is 12.2. The summed E-state index contributed by atoms with van der Waals surface area (Å²) >= 11 is 0. The molecule has 88 valence electrons. The highest BCUT2D eigenvalue weighted by atomic mass is 16.5. The summed E-state index contributed by atoms with van der Waals surface area (Å²) in [4.78, 5) is 11.8. The summed E-state index contributed by atoms with van der Waals surface area (Å²) in [6, 6.07) is 7.42. The first-order chi connectivity index (χ1) is 7.43. The summed E-state index contributed by atoms with van der Waals surface area (Å²) in [7, 11) is 0. The van der Waals surface area contributed by atoms with Crippen LogP contribution in [-0.4, -0.2) is 12.5 Å². The van der Waals surface area contributed by atoms with Crippen LogP contribution >= 0.6 is 0 Å². The molecule has 0 aliphatic heterocycles. The van der Waals surface area contributed by atoms with Gasteiger partial charge in [0.25, 0.3) is 0 Å². The summed E-state index contributed by atoms with van der Waals surface area (Å²) in [5.41, 5.74) is 0.382. The van der Waals surface area contributed by atoms with E-state index in [4.69, 9.17) is 4.74 Å². The Morgan fingerprint density at radius 2 is 2.06 bits per heavy atom. The molecule has 1 aromatic rings. The van der Waals surface area contributed by atoms with Crippen LogP contribution in [0.15, 0.2) is 24.3 Å². The molecule has 1 aromatic carbocycles. The van der Waals surface area contributed by atoms with Crippen LogP contribution in [0.25, 0.3) is 0 Å². The fourth-order valence-electron chi connectivity index (χ4n) is 1.15. The van der Waals surface area contributed by atoms with E-state index in [2.05, 4.69) is 5.32 Å². The minimum Gasteiger partial charge on any atom is -0.494 e. The smallest absolute Gasteiger partial charge is 0.229 e. The first-order valence-corrected chi connectivity index (χ1v) is 5.48. The Balaban J connectivity index is 2.74. The summed E-state index contributed by atoms with van der Waals surface area (Å²) in [5.74, 6) is 0.773. The van der Waals surface area contributed by atoms with Crippen LogP contribution in [0.5, 0.6) is 5.75 Å². The van der Waals surface area contributed by atoms with Crippen molar-refractivity contribution in [3.8, 4) is 5.75 Å². The minimum atomic E-state index is -0.387. The normalized spacial score (nSPS) is 11.0. The van der Waals surface area contributed by atoms with Crippen LogP contribution in [0.4, 0.5) is 5.69 Å². The van der Waals surface area contributed by atoms with Gasteiger partial charge in [0, 0.05) is 17.2 Å². The van der Waals surface area contributed by atoms with Gasteiger partial charge in [-0.2, -0.15) is 0 Å². The second kappa shape index (κ2) is 5.01. The highest BCUT2D eigenvalue weighted by molar-refractivity contribution is 5.94. The minimum absolute atomic E-state index is 0.00106. The summed E-state index contributed by atoms with van der Waals surface area (Å²) < 4.78 is 5.36. The lowest BCUT2D eigenvalue weighted by Crippen LogP contribution is -2.27. The molecule has 0 aromatic heterocycles. The molecule has 1 N–H and O–H groups in total. The summed E-state index contributed by atoms with van der Waals surface area (Å²) in [6.45, 7) is 8.20. The maximum atomic E-state index is 11.8. The number of amides is 1. The van der Waals surface area contributed by atoms with E-state index in [-0.39, 0.29) is 11.3 Å². The van der Waals surface area contributed by atoms with Gasteiger partial charge < -0.3 is 10.1 Å². The molecule has 0 aliphatic carbocycles. The van der Waals surface area contributed by atoms with Crippen molar-refractivity contribution in [2.75, 3.05) is 11.9 Å². The molecule has 3 nitrogen and oxygen atoms in total. The van der Waals surface area contributed by atoms with E-state index in [1.54, 1.807) is 0 Å². The van der Waals surface area contributed by atoms with Gasteiger partial charge in [-0.3, -0.25) is 4.79 Å². The fourth-order valence-corrected chi connectivity index (χ4v) is 1.15. The van der Waals surface area contributed by atoms with Crippen LogP contribution in [0.3, 0.4) is 0 Å². The van der Waals surface area contributed by atoms with Crippen LogP contribution in [0.2, 0.25) is 0 Å². The van der Waals surface area contributed by atoms with E-state index in [1.807, 2.05) is 52.0 Å². The molecule has 0 heterocycles. The zero-order valence-electron chi connectivity index (χ0n) is 10.3. The van der Waals surface area contributed by atoms with Gasteiger partial charge in [0.15, 0.2) is 0 Å². The topological polar surface area (TPSA) is 38.3 Å². The molecule has 0 unspecified atom stereocenters. The molecular weight excluding hydrogens is 202 g/mol. The molecule has 3 heteroatoms. The standard InChI is InChI=1S/C13H19NO2/c1-5-16-11-8-6-7-10(9-11)14-12(15)13(2,3)4/h6-9H,5H2,1-4H3,(H,14,15). The van der Waals surface area contributed by atoms with E-state index in [0.717, 1.165) is 11.4 Å². The van der Waals surface area contributed by atoms with E-state index >= 15 is 0 Å². The van der Waals surface area contributed by atoms with Crippen molar-refractivity contribution in [2.45, 2.75) is 27.7 Å². The lowest BCUT2D eigenvalue weighted by Gasteiger charge is -2.17. The quantitative estimate of drug-likeness (QED) is 0.851. The predicted molar refractivity (Wildman–Crippen MR) is 65.7 cm³/mol. The molecule has 0 spiro atoms. The molecule has 0 atom stereocenters. The van der Waals surface area contributed by atoms with Crippen molar-refractivity contribution in [1.82, 2.24) is 0 Å². The molecule has 0 saturated heterocycles. The molecule has 0 fully saturated rings. The van der Waals surface area contributed by atoms with E-state index in [0.29, 0.717) is 6.61 Å². The fraction of sp³-hybridized carbons (Fsp3) is 0.462. The first-order valence-electron chi connectivity index (χ1n) is 5.48. The number of nitrogens with one attached hydrogen (secondary N) is 1. The van der Waals surface area contributed by atoms with Gasteiger partial charge in [-0.15, -0.1) is 0 Å². The second-order valence-corrected chi connectivity index (χ2v) is 4.66. The van der Waals surface area contributed by atoms with Crippen molar-refractivity contribution in [3.05, 3.63) is 24.3 Å². The Morgan fingerprint density at radius 1 is 1.38 bits per heavy atom. The molecule has 0 bridgehead atoms. The van der Waals surface area contributed by atoms with Gasteiger partial charge in [-0.1, -0.05) is 26.8 Å². The molecule has 1 rings (SSSR count). The highest BCUT2D eigenvalue weighted by Crippen LogP contribution is 2.20. The Labute approximate surface area is 96.8 Å². The summed E-state index contributed by atoms with van der Waals surface area (Å²) in [6.07, 6.45) is 0. The van der Waals surface area contributed by atoms with Gasteiger partial charge in [-0.25, -0.2) is 0 Å². The molecular formula is C13H19NO2. The largest absolute Gasteiger partial charge is 0.494 e. The molecule has 0 radical (unpaired) electrons. The Morgan fingerprint density at radius 3 is 2.62 bits per heavy atom. The lowest BCUT2D eigenvalue weighted by atomic mass is 9.95. The van der Waals surface area contributed by atoms with Gasteiger partial charge in [0.05, 0.1) is 6.61 Å². The third-order valence-electron chi connectivity index (χ3n) is 2.08. The number of rotatable bonds is 3. The maximum Gasteiger partial charge on any atom is 0.229 e. The molecule has 0 aliphatic rings. The Hall–Kier alpha value is -1.51. The number of carbonyl (C=O) groups excluding carboxylic acids is 1. The number of ether oxygens (including phenoxy) is 1. The molecule has 0 saturated carbocycles. The van der Waals surface area contributed by atoms with E-state index in [9.17, 15) is 4.79 Å². The van der Waals surface area contributed by atoms with Crippen molar-refractivity contribution in [3.63, 3.8) is 0 Å². The number of benzene rings is 1. The first kappa shape index (κ1) is 12.6. The van der Waals surface area contributed by atoms with Gasteiger partial charge in [-0.05, 0) is 19.1 Å². The molecule has 16 heavy (non-hydrogen) atoms. The van der Waals surface area contributed by atoms with Crippen LogP contribution in [0.1, 0.15) is 27.7 Å². The average Bonchev–Trinajstić information content (AvgIpc) is 2.17. The van der Waals surface area contributed by atoms with Crippen molar-refractivity contribution in [2.24, 2.45) is 5.41 Å². The third kappa shape index (κ3) is 3.57. The van der Waals surface area contributed by atoms with Gasteiger partial charge >= 0.3 is 0 Å². The molecule has 1 amide bonds. The number of hydrogen-bond donors (Lipinski definition) is 1.